The van der Waals surface area contributed by atoms with Crippen molar-refractivity contribution in [3.8, 4) is 0 Å². The summed E-state index contributed by atoms with van der Waals surface area (Å²) in [7, 11) is 2.29. The van der Waals surface area contributed by atoms with Crippen LogP contribution < -0.4 is 0 Å². The van der Waals surface area contributed by atoms with Crippen LogP contribution in [0.5, 0.6) is 0 Å². The third-order valence-electron chi connectivity index (χ3n) is 5.55. The zero-order chi connectivity index (χ0) is 13.9. The van der Waals surface area contributed by atoms with Crippen LogP contribution in [-0.4, -0.2) is 11.9 Å². The van der Waals surface area contributed by atoms with Gasteiger partial charge in [0, 0.05) is 6.04 Å². The molecule has 0 saturated carbocycles. The van der Waals surface area contributed by atoms with Gasteiger partial charge in [-0.05, 0) is 48.6 Å². The molecule has 0 amide bonds. The molecule has 2 bridgehead atoms. The molecule has 0 N–H and O–H groups in total. The van der Waals surface area contributed by atoms with E-state index >= 15 is 0 Å². The fourth-order valence-corrected chi connectivity index (χ4v) is 4.53. The van der Waals surface area contributed by atoms with Gasteiger partial charge >= 0.3 is 0 Å². The van der Waals surface area contributed by atoms with Crippen molar-refractivity contribution in [1.82, 2.24) is 4.90 Å². The second kappa shape index (κ2) is 3.95. The first-order chi connectivity index (χ1) is 9.64. The molecule has 0 spiro atoms. The maximum absolute atomic E-state index is 2.59. The first-order valence-electron chi connectivity index (χ1n) is 7.54. The molecule has 1 nitrogen and oxygen atoms in total. The summed E-state index contributed by atoms with van der Waals surface area (Å²) in [6.45, 7) is 4.79. The molecule has 2 aromatic carbocycles. The summed E-state index contributed by atoms with van der Waals surface area (Å²) in [4.78, 5) is 2.59. The minimum Gasteiger partial charge on any atom is -0.286 e. The van der Waals surface area contributed by atoms with Crippen LogP contribution in [0.15, 0.2) is 48.5 Å². The Hall–Kier alpha value is -1.60. The van der Waals surface area contributed by atoms with Crippen LogP contribution in [-0.2, 0) is 12.0 Å². The van der Waals surface area contributed by atoms with Gasteiger partial charge in [0.15, 0.2) is 0 Å². The molecule has 4 rings (SSSR count). The minimum absolute atomic E-state index is 0.0165. The summed E-state index contributed by atoms with van der Waals surface area (Å²) < 4.78 is 0. The minimum atomic E-state index is 0.0165. The van der Waals surface area contributed by atoms with Crippen molar-refractivity contribution in [1.29, 1.82) is 0 Å². The number of rotatable bonds is 0. The Morgan fingerprint density at radius 1 is 1.00 bits per heavy atom. The fraction of sp³-hybridized carbons (Fsp3) is 0.368. The maximum Gasteiger partial charge on any atom is 0.0695 e. The van der Waals surface area contributed by atoms with Gasteiger partial charge in [0.05, 0.1) is 5.54 Å². The zero-order valence-electron chi connectivity index (χ0n) is 12.4. The number of hydrogen-bond acceptors (Lipinski definition) is 1. The van der Waals surface area contributed by atoms with E-state index < -0.39 is 0 Å². The molecule has 0 aromatic heterocycles. The first-order valence-corrected chi connectivity index (χ1v) is 7.54. The number of fused-ring (bicyclic) bond motifs is 7. The summed E-state index contributed by atoms with van der Waals surface area (Å²) in [5.41, 5.74) is 6.04. The third kappa shape index (κ3) is 1.31. The maximum atomic E-state index is 2.59. The molecular weight excluding hydrogens is 242 g/mol. The van der Waals surface area contributed by atoms with E-state index in [1.165, 1.54) is 28.7 Å². The lowest BCUT2D eigenvalue weighted by atomic mass is 9.78. The third-order valence-corrected chi connectivity index (χ3v) is 5.55. The first kappa shape index (κ1) is 12.2. The normalized spacial score (nSPS) is 31.6. The number of nitrogens with zero attached hydrogens (tertiary/aromatic N) is 1. The molecule has 2 aliphatic rings. The highest BCUT2D eigenvalue weighted by Crippen LogP contribution is 2.54. The van der Waals surface area contributed by atoms with E-state index in [0.717, 1.165) is 0 Å². The van der Waals surface area contributed by atoms with Crippen LogP contribution in [0.25, 0.3) is 0 Å². The lowest BCUT2D eigenvalue weighted by molar-refractivity contribution is 0.124. The van der Waals surface area contributed by atoms with Gasteiger partial charge in [-0.2, -0.15) is 0 Å². The molecule has 0 aliphatic carbocycles. The molecule has 3 unspecified atom stereocenters. The summed E-state index contributed by atoms with van der Waals surface area (Å²) in [5.74, 6) is 0.645. The molecule has 2 aliphatic heterocycles. The van der Waals surface area contributed by atoms with Gasteiger partial charge in [0.25, 0.3) is 0 Å². The van der Waals surface area contributed by atoms with Gasteiger partial charge in [-0.25, -0.2) is 0 Å². The molecule has 102 valence electrons. The average Bonchev–Trinajstić information content (AvgIpc) is 2.64. The summed E-state index contributed by atoms with van der Waals surface area (Å²) >= 11 is 0. The van der Waals surface area contributed by atoms with Gasteiger partial charge < -0.3 is 0 Å². The highest BCUT2D eigenvalue weighted by atomic mass is 15.2. The SMILES string of the molecule is CC1Cc2ccccc2C2(C)c3ccccc3C1N2C. The van der Waals surface area contributed by atoms with E-state index in [1.807, 2.05) is 0 Å². The lowest BCUT2D eigenvalue weighted by Gasteiger charge is -2.36. The molecule has 0 saturated heterocycles. The van der Waals surface area contributed by atoms with Crippen molar-refractivity contribution in [2.45, 2.75) is 31.8 Å². The molecule has 2 heterocycles. The van der Waals surface area contributed by atoms with Crippen molar-refractivity contribution in [3.63, 3.8) is 0 Å². The second-order valence-electron chi connectivity index (χ2n) is 6.55. The Bertz CT molecular complexity index is 675. The van der Waals surface area contributed by atoms with Crippen LogP contribution in [0.2, 0.25) is 0 Å². The smallest absolute Gasteiger partial charge is 0.0695 e. The van der Waals surface area contributed by atoms with Crippen molar-refractivity contribution < 1.29 is 0 Å². The van der Waals surface area contributed by atoms with Crippen LogP contribution in [0.3, 0.4) is 0 Å². The van der Waals surface area contributed by atoms with E-state index in [-0.39, 0.29) is 5.54 Å². The molecule has 0 fully saturated rings. The van der Waals surface area contributed by atoms with Crippen molar-refractivity contribution in [2.75, 3.05) is 7.05 Å². The van der Waals surface area contributed by atoms with Crippen molar-refractivity contribution in [2.24, 2.45) is 5.92 Å². The highest BCUT2D eigenvalue weighted by molar-refractivity contribution is 5.52. The Morgan fingerprint density at radius 2 is 1.65 bits per heavy atom. The number of hydrogen-bond donors (Lipinski definition) is 0. The lowest BCUT2D eigenvalue weighted by Crippen LogP contribution is -2.38. The van der Waals surface area contributed by atoms with E-state index in [2.05, 4.69) is 74.3 Å². The van der Waals surface area contributed by atoms with Crippen LogP contribution >= 0.6 is 0 Å². The van der Waals surface area contributed by atoms with Gasteiger partial charge in [-0.15, -0.1) is 0 Å². The van der Waals surface area contributed by atoms with Gasteiger partial charge in [-0.3, -0.25) is 4.90 Å². The summed E-state index contributed by atoms with van der Waals surface area (Å²) in [5, 5.41) is 0. The predicted molar refractivity (Wildman–Crippen MR) is 82.7 cm³/mol. The topological polar surface area (TPSA) is 3.24 Å². The molecule has 3 atom stereocenters. The molecular formula is C19H21N. The van der Waals surface area contributed by atoms with E-state index in [0.29, 0.717) is 12.0 Å². The van der Waals surface area contributed by atoms with Crippen LogP contribution in [0.4, 0.5) is 0 Å². The Morgan fingerprint density at radius 3 is 2.45 bits per heavy atom. The van der Waals surface area contributed by atoms with Crippen LogP contribution in [0.1, 0.15) is 42.1 Å². The summed E-state index contributed by atoms with van der Waals surface area (Å²) in [6.07, 6.45) is 1.18. The van der Waals surface area contributed by atoms with E-state index in [1.54, 1.807) is 0 Å². The zero-order valence-corrected chi connectivity index (χ0v) is 12.4. The molecule has 0 radical (unpaired) electrons. The summed E-state index contributed by atoms with van der Waals surface area (Å²) in [6, 6.07) is 18.5. The Kier molecular flexibility index (Phi) is 2.41. The van der Waals surface area contributed by atoms with E-state index in [4.69, 9.17) is 0 Å². The van der Waals surface area contributed by atoms with Crippen molar-refractivity contribution in [3.05, 3.63) is 70.8 Å². The Balaban J connectivity index is 2.09. The largest absolute Gasteiger partial charge is 0.286 e. The standard InChI is InChI=1S/C19H21N/c1-13-12-14-8-4-6-10-16(14)19(2)17-11-7-5-9-15(17)18(13)20(19)3/h4-11,13,18H,12H2,1-3H3. The van der Waals surface area contributed by atoms with Gasteiger partial charge in [0.2, 0.25) is 0 Å². The van der Waals surface area contributed by atoms with Gasteiger partial charge in [0.1, 0.15) is 0 Å². The van der Waals surface area contributed by atoms with Crippen molar-refractivity contribution >= 4 is 0 Å². The van der Waals surface area contributed by atoms with Crippen LogP contribution in [0, 0.1) is 5.92 Å². The quantitative estimate of drug-likeness (QED) is 0.691. The molecule has 20 heavy (non-hydrogen) atoms. The highest BCUT2D eigenvalue weighted by Gasteiger charge is 2.50. The Labute approximate surface area is 121 Å². The second-order valence-corrected chi connectivity index (χ2v) is 6.55. The monoisotopic (exact) mass is 263 g/mol. The predicted octanol–water partition coefficient (Wildman–Crippen LogP) is 4.13. The molecule has 2 aromatic rings. The molecule has 1 heteroatoms. The number of benzene rings is 2. The van der Waals surface area contributed by atoms with E-state index in [9.17, 15) is 0 Å². The average molecular weight is 263 g/mol. The fourth-order valence-electron chi connectivity index (χ4n) is 4.53. The van der Waals surface area contributed by atoms with Gasteiger partial charge in [-0.1, -0.05) is 55.5 Å².